The molecule has 1 saturated heterocycles. The second kappa shape index (κ2) is 2.82. The Hall–Kier alpha value is -0.180. The number of nitrogens with one attached hydrogen (secondary N) is 1. The maximum atomic E-state index is 12.8. The molecule has 0 saturated carbocycles. The first-order chi connectivity index (χ1) is 4.67. The summed E-state index contributed by atoms with van der Waals surface area (Å²) in [5, 5.41) is 2.80. The molecule has 0 radical (unpaired) electrons. The fourth-order valence-corrected chi connectivity index (χ4v) is 1.29. The second-order valence-corrected chi connectivity index (χ2v) is 2.76. The van der Waals surface area contributed by atoms with Crippen molar-refractivity contribution >= 4 is 0 Å². The molecule has 0 bridgehead atoms. The van der Waals surface area contributed by atoms with E-state index in [1.54, 1.807) is 0 Å². The van der Waals surface area contributed by atoms with Crippen molar-refractivity contribution in [3.63, 3.8) is 0 Å². The number of alkyl halides is 2. The Morgan fingerprint density at radius 1 is 1.60 bits per heavy atom. The average molecular weight is 149 g/mol. The van der Waals surface area contributed by atoms with Crippen LogP contribution in [0.15, 0.2) is 0 Å². The van der Waals surface area contributed by atoms with Crippen LogP contribution in [-0.4, -0.2) is 18.5 Å². The van der Waals surface area contributed by atoms with E-state index in [1.807, 2.05) is 0 Å². The van der Waals surface area contributed by atoms with E-state index in [2.05, 4.69) is 5.32 Å². The number of rotatable bonds is 2. The van der Waals surface area contributed by atoms with Crippen LogP contribution in [0, 0.1) is 0 Å². The van der Waals surface area contributed by atoms with Gasteiger partial charge in [-0.25, -0.2) is 8.78 Å². The van der Waals surface area contributed by atoms with E-state index in [0.717, 1.165) is 13.0 Å². The Morgan fingerprint density at radius 3 is 2.70 bits per heavy atom. The van der Waals surface area contributed by atoms with Crippen LogP contribution in [0.5, 0.6) is 0 Å². The molecule has 3 heteroatoms. The van der Waals surface area contributed by atoms with Gasteiger partial charge in [-0.3, -0.25) is 0 Å². The summed E-state index contributed by atoms with van der Waals surface area (Å²) in [4.78, 5) is 0. The van der Waals surface area contributed by atoms with E-state index in [4.69, 9.17) is 0 Å². The van der Waals surface area contributed by atoms with Crippen molar-refractivity contribution in [1.82, 2.24) is 5.32 Å². The lowest BCUT2D eigenvalue weighted by Crippen LogP contribution is -2.40. The summed E-state index contributed by atoms with van der Waals surface area (Å²) < 4.78 is 25.6. The lowest BCUT2D eigenvalue weighted by atomic mass is 10.1. The van der Waals surface area contributed by atoms with E-state index in [9.17, 15) is 8.78 Å². The average Bonchev–Trinajstić information content (AvgIpc) is 2.38. The van der Waals surface area contributed by atoms with Gasteiger partial charge >= 0.3 is 0 Å². The highest BCUT2D eigenvalue weighted by Crippen LogP contribution is 2.27. The van der Waals surface area contributed by atoms with Crippen molar-refractivity contribution < 1.29 is 8.78 Å². The normalized spacial score (nSPS) is 27.3. The zero-order chi connectivity index (χ0) is 7.61. The molecule has 1 N–H and O–H groups in total. The molecule has 0 aromatic rings. The molecule has 1 aliphatic heterocycles. The first-order valence-electron chi connectivity index (χ1n) is 3.78. The quantitative estimate of drug-likeness (QED) is 0.631. The minimum atomic E-state index is -2.49. The summed E-state index contributed by atoms with van der Waals surface area (Å²) >= 11 is 0. The Morgan fingerprint density at radius 2 is 2.30 bits per heavy atom. The first kappa shape index (κ1) is 7.92. The molecule has 1 aliphatic rings. The van der Waals surface area contributed by atoms with Gasteiger partial charge in [0.1, 0.15) is 0 Å². The molecule has 0 aliphatic carbocycles. The molecule has 0 aromatic carbocycles. The Kier molecular flexibility index (Phi) is 2.24. The topological polar surface area (TPSA) is 12.0 Å². The lowest BCUT2D eigenvalue weighted by molar-refractivity contribution is -0.0346. The van der Waals surface area contributed by atoms with Gasteiger partial charge in [-0.2, -0.15) is 0 Å². The van der Waals surface area contributed by atoms with Crippen molar-refractivity contribution in [1.29, 1.82) is 0 Å². The summed E-state index contributed by atoms with van der Waals surface area (Å²) in [7, 11) is 0. The monoisotopic (exact) mass is 149 g/mol. The molecule has 1 heterocycles. The molecule has 60 valence electrons. The molecule has 1 rings (SSSR count). The second-order valence-electron chi connectivity index (χ2n) is 2.76. The van der Waals surface area contributed by atoms with E-state index in [1.165, 1.54) is 6.92 Å². The van der Waals surface area contributed by atoms with Crippen LogP contribution in [0.1, 0.15) is 26.2 Å². The minimum absolute atomic E-state index is 0.0509. The number of hydrogen-bond acceptors (Lipinski definition) is 1. The van der Waals surface area contributed by atoms with Gasteiger partial charge in [-0.1, -0.05) is 6.92 Å². The zero-order valence-electron chi connectivity index (χ0n) is 6.16. The molecular weight excluding hydrogens is 136 g/mol. The van der Waals surface area contributed by atoms with Crippen molar-refractivity contribution in [2.45, 2.75) is 38.2 Å². The van der Waals surface area contributed by atoms with Crippen LogP contribution in [0.3, 0.4) is 0 Å². The van der Waals surface area contributed by atoms with Gasteiger partial charge in [0.25, 0.3) is 5.92 Å². The smallest absolute Gasteiger partial charge is 0.262 e. The van der Waals surface area contributed by atoms with E-state index in [-0.39, 0.29) is 6.42 Å². The van der Waals surface area contributed by atoms with Gasteiger partial charge in [0.15, 0.2) is 0 Å². The van der Waals surface area contributed by atoms with Gasteiger partial charge in [0, 0.05) is 6.42 Å². The van der Waals surface area contributed by atoms with Crippen LogP contribution in [0.25, 0.3) is 0 Å². The standard InChI is InChI=1S/C7H13F2N/c1-2-7(8,9)6-4-3-5-10-6/h6,10H,2-5H2,1H3. The molecule has 1 nitrogen and oxygen atoms in total. The van der Waals surface area contributed by atoms with Gasteiger partial charge in [0.2, 0.25) is 0 Å². The molecule has 0 amide bonds. The molecule has 1 fully saturated rings. The highest BCUT2D eigenvalue weighted by Gasteiger charge is 2.38. The van der Waals surface area contributed by atoms with Gasteiger partial charge in [-0.05, 0) is 19.4 Å². The molecule has 1 unspecified atom stereocenters. The van der Waals surface area contributed by atoms with Crippen molar-refractivity contribution in [3.8, 4) is 0 Å². The summed E-state index contributed by atoms with van der Waals surface area (Å²) in [6.45, 7) is 2.28. The van der Waals surface area contributed by atoms with E-state index in [0.29, 0.717) is 6.42 Å². The maximum absolute atomic E-state index is 12.8. The predicted molar refractivity (Wildman–Crippen MR) is 36.3 cm³/mol. The van der Waals surface area contributed by atoms with E-state index >= 15 is 0 Å². The SMILES string of the molecule is CCC(F)(F)C1CCCN1. The summed E-state index contributed by atoms with van der Waals surface area (Å²) in [5.74, 6) is -2.49. The Balaban J connectivity index is 2.45. The van der Waals surface area contributed by atoms with Crippen LogP contribution < -0.4 is 5.32 Å². The molecule has 10 heavy (non-hydrogen) atoms. The number of halogens is 2. The fraction of sp³-hybridized carbons (Fsp3) is 1.00. The minimum Gasteiger partial charge on any atom is -0.309 e. The summed E-state index contributed by atoms with van der Waals surface area (Å²) in [5.41, 5.74) is 0. The van der Waals surface area contributed by atoms with Crippen LogP contribution >= 0.6 is 0 Å². The first-order valence-corrected chi connectivity index (χ1v) is 3.78. The molecular formula is C7H13F2N. The lowest BCUT2D eigenvalue weighted by Gasteiger charge is -2.21. The van der Waals surface area contributed by atoms with Crippen LogP contribution in [0.4, 0.5) is 8.78 Å². The van der Waals surface area contributed by atoms with Crippen molar-refractivity contribution in [2.75, 3.05) is 6.54 Å². The molecule has 0 aromatic heterocycles. The maximum Gasteiger partial charge on any atom is 0.262 e. The highest BCUT2D eigenvalue weighted by molar-refractivity contribution is 4.86. The van der Waals surface area contributed by atoms with Crippen LogP contribution in [-0.2, 0) is 0 Å². The third-order valence-electron chi connectivity index (χ3n) is 2.04. The van der Waals surface area contributed by atoms with Crippen LogP contribution in [0.2, 0.25) is 0 Å². The largest absolute Gasteiger partial charge is 0.309 e. The van der Waals surface area contributed by atoms with Crippen molar-refractivity contribution in [2.24, 2.45) is 0 Å². The Bertz CT molecular complexity index is 108. The third kappa shape index (κ3) is 1.45. The zero-order valence-corrected chi connectivity index (χ0v) is 6.16. The summed E-state index contributed by atoms with van der Waals surface area (Å²) in [6, 6.07) is -0.558. The van der Waals surface area contributed by atoms with E-state index < -0.39 is 12.0 Å². The predicted octanol–water partition coefficient (Wildman–Crippen LogP) is 1.78. The molecule has 1 atom stereocenters. The van der Waals surface area contributed by atoms with Gasteiger partial charge in [-0.15, -0.1) is 0 Å². The van der Waals surface area contributed by atoms with Crippen molar-refractivity contribution in [3.05, 3.63) is 0 Å². The fourth-order valence-electron chi connectivity index (χ4n) is 1.29. The van der Waals surface area contributed by atoms with Gasteiger partial charge in [0.05, 0.1) is 6.04 Å². The number of hydrogen-bond donors (Lipinski definition) is 1. The summed E-state index contributed by atoms with van der Waals surface area (Å²) in [6.07, 6.45) is 1.46. The highest BCUT2D eigenvalue weighted by atomic mass is 19.3. The van der Waals surface area contributed by atoms with Gasteiger partial charge < -0.3 is 5.32 Å². The molecule has 0 spiro atoms. The third-order valence-corrected chi connectivity index (χ3v) is 2.04. The Labute approximate surface area is 59.8 Å².